The normalized spacial score (nSPS) is 51.1. The van der Waals surface area contributed by atoms with Gasteiger partial charge in [-0.3, -0.25) is 4.79 Å². The van der Waals surface area contributed by atoms with Gasteiger partial charge in [-0.15, -0.1) is 0 Å². The van der Waals surface area contributed by atoms with Gasteiger partial charge in [0.1, 0.15) is 98.2 Å². The summed E-state index contributed by atoms with van der Waals surface area (Å²) in [5, 5.41) is 142. The molecule has 4 aliphatic carbocycles. The number of fused-ring (bicyclic) bond motifs is 5. The van der Waals surface area contributed by atoms with Crippen molar-refractivity contribution >= 4 is 5.97 Å². The third-order valence-electron chi connectivity index (χ3n) is 20.8. The summed E-state index contributed by atoms with van der Waals surface area (Å²) in [5.74, 6) is -1.12. The highest BCUT2D eigenvalue weighted by Crippen LogP contribution is 2.76. The lowest BCUT2D eigenvalue weighted by molar-refractivity contribution is -0.378. The summed E-state index contributed by atoms with van der Waals surface area (Å²) in [6.07, 6.45) is -23.1. The molecular formula is C55H92O23. The van der Waals surface area contributed by atoms with Crippen LogP contribution in [0.3, 0.4) is 0 Å². The van der Waals surface area contributed by atoms with Crippen LogP contribution >= 0.6 is 0 Å². The van der Waals surface area contributed by atoms with Crippen LogP contribution in [0.1, 0.15) is 120 Å². The first-order valence-corrected chi connectivity index (χ1v) is 28.2. The van der Waals surface area contributed by atoms with Gasteiger partial charge in [0.15, 0.2) is 25.2 Å². The van der Waals surface area contributed by atoms with Crippen LogP contribution in [0.4, 0.5) is 0 Å². The molecule has 8 aliphatic rings. The fraction of sp³-hybridized carbons (Fsp3) is 0.945. The van der Waals surface area contributed by atoms with E-state index < -0.39 is 171 Å². The van der Waals surface area contributed by atoms with Crippen molar-refractivity contribution in [1.29, 1.82) is 0 Å². The molecule has 4 heterocycles. The number of hydrogen-bond donors (Lipinski definition) is 13. The summed E-state index contributed by atoms with van der Waals surface area (Å²) in [7, 11) is 0. The molecule has 1 unspecified atom stereocenters. The Labute approximate surface area is 456 Å². The molecule has 0 aromatic carbocycles. The molecule has 13 N–H and O–H groups in total. The summed E-state index contributed by atoms with van der Waals surface area (Å²) >= 11 is 0. The first-order valence-electron chi connectivity index (χ1n) is 28.2. The Bertz CT molecular complexity index is 2060. The number of rotatable bonds is 16. The van der Waals surface area contributed by atoms with Gasteiger partial charge >= 0.3 is 5.97 Å². The molecule has 450 valence electrons. The fourth-order valence-corrected chi connectivity index (χ4v) is 16.2. The molecule has 4 aliphatic heterocycles. The minimum Gasteiger partial charge on any atom is -0.463 e. The Morgan fingerprint density at radius 1 is 0.615 bits per heavy atom. The van der Waals surface area contributed by atoms with E-state index in [1.54, 1.807) is 0 Å². The smallest absolute Gasteiger partial charge is 0.302 e. The number of aliphatic hydroxyl groups excluding tert-OH is 13. The molecule has 0 radical (unpaired) electrons. The molecule has 78 heavy (non-hydrogen) atoms. The maximum absolute atomic E-state index is 12.9. The molecule has 0 spiro atoms. The van der Waals surface area contributed by atoms with E-state index in [1.807, 2.05) is 20.8 Å². The maximum atomic E-state index is 12.9. The van der Waals surface area contributed by atoms with E-state index in [-0.39, 0.29) is 41.1 Å². The Morgan fingerprint density at radius 3 is 1.85 bits per heavy atom. The van der Waals surface area contributed by atoms with E-state index in [2.05, 4.69) is 40.7 Å². The molecule has 8 rings (SSSR count). The number of hydrogen-bond acceptors (Lipinski definition) is 23. The molecule has 0 aromatic rings. The van der Waals surface area contributed by atoms with E-state index in [1.165, 1.54) is 0 Å². The van der Waals surface area contributed by atoms with Crippen molar-refractivity contribution in [3.05, 3.63) is 11.6 Å². The third kappa shape index (κ3) is 11.3. The quantitative estimate of drug-likeness (QED) is 0.0501. The van der Waals surface area contributed by atoms with Gasteiger partial charge < -0.3 is 109 Å². The third-order valence-corrected chi connectivity index (χ3v) is 20.8. The monoisotopic (exact) mass is 1120 g/mol. The van der Waals surface area contributed by atoms with Crippen LogP contribution < -0.4 is 0 Å². The van der Waals surface area contributed by atoms with Gasteiger partial charge in [0.05, 0.1) is 37.6 Å². The number of aliphatic hydroxyl groups is 13. The van der Waals surface area contributed by atoms with Crippen molar-refractivity contribution < 1.29 is 114 Å². The van der Waals surface area contributed by atoms with E-state index in [4.69, 9.17) is 42.6 Å². The van der Waals surface area contributed by atoms with Gasteiger partial charge in [0.25, 0.3) is 0 Å². The van der Waals surface area contributed by atoms with Gasteiger partial charge in [0.2, 0.25) is 0 Å². The van der Waals surface area contributed by atoms with E-state index in [0.717, 1.165) is 31.8 Å². The van der Waals surface area contributed by atoms with Crippen molar-refractivity contribution in [3.8, 4) is 0 Å². The predicted octanol–water partition coefficient (Wildman–Crippen LogP) is -0.993. The summed E-state index contributed by atoms with van der Waals surface area (Å²) in [6.45, 7) is 16.5. The number of ether oxygens (including phenoxy) is 9. The SMILES string of the molecule is CC(=O)OC[C@H]1O[C@@H](O[C@H]2[C@H](O[C@H]3CC[C@]4(C)[C@H]5C[C@@H](O)[C@@H]6[C@@H]([C@](C)(CCC=C(C)C)OC7O[C@H](CO[C@@H]8OC[C@H](O)[C@H](O)[C@H]8O)[C@@H](O)[C@H](O)[C@H]7O)CC[C@@]6(C)[C@]5(C)CC[C@H]4C3(C)C)O[C@H](CO)[C@@H](O)[C@@H]2O)[C@H](O)[C@@H](O)[C@@H]1O. The van der Waals surface area contributed by atoms with Crippen LogP contribution in [-0.4, -0.2) is 233 Å². The lowest BCUT2D eigenvalue weighted by Crippen LogP contribution is -2.68. The molecule has 23 heteroatoms. The predicted molar refractivity (Wildman–Crippen MR) is 270 cm³/mol. The highest BCUT2D eigenvalue weighted by Gasteiger charge is 2.72. The molecule has 4 saturated heterocycles. The largest absolute Gasteiger partial charge is 0.463 e. The first kappa shape index (κ1) is 62.4. The Balaban J connectivity index is 1.01. The van der Waals surface area contributed by atoms with Crippen molar-refractivity contribution in [3.63, 3.8) is 0 Å². The summed E-state index contributed by atoms with van der Waals surface area (Å²) < 4.78 is 54.1. The lowest BCUT2D eigenvalue weighted by atomic mass is 9.35. The second-order valence-electron chi connectivity index (χ2n) is 25.9. The van der Waals surface area contributed by atoms with Crippen molar-refractivity contribution in [1.82, 2.24) is 0 Å². The minimum absolute atomic E-state index is 0.0339. The van der Waals surface area contributed by atoms with Gasteiger partial charge in [0, 0.05) is 6.92 Å². The molecule has 4 saturated carbocycles. The van der Waals surface area contributed by atoms with Gasteiger partial charge in [-0.05, 0) is 124 Å². The molecule has 29 atom stereocenters. The summed E-state index contributed by atoms with van der Waals surface area (Å²) in [4.78, 5) is 11.6. The molecule has 0 aromatic heterocycles. The van der Waals surface area contributed by atoms with Crippen LogP contribution in [0.25, 0.3) is 0 Å². The van der Waals surface area contributed by atoms with Gasteiger partial charge in [-0.25, -0.2) is 0 Å². The number of allylic oxidation sites excluding steroid dienone is 2. The topological polar surface area (TPSA) is 363 Å². The van der Waals surface area contributed by atoms with Crippen LogP contribution in [0.2, 0.25) is 0 Å². The number of carbonyl (C=O) groups is 1. The average Bonchev–Trinajstić information content (AvgIpc) is 3.04. The van der Waals surface area contributed by atoms with E-state index in [9.17, 15) is 71.2 Å². The summed E-state index contributed by atoms with van der Waals surface area (Å²) in [5.41, 5.74) is -1.55. The van der Waals surface area contributed by atoms with E-state index in [0.29, 0.717) is 38.5 Å². The average molecular weight is 1120 g/mol. The lowest BCUT2D eigenvalue weighted by Gasteiger charge is -2.71. The van der Waals surface area contributed by atoms with Crippen LogP contribution in [0, 0.1) is 45.3 Å². The molecular weight excluding hydrogens is 1030 g/mol. The first-order chi connectivity index (χ1) is 36.4. The van der Waals surface area contributed by atoms with Crippen LogP contribution in [0.15, 0.2) is 11.6 Å². The van der Waals surface area contributed by atoms with Crippen molar-refractivity contribution in [2.75, 3.05) is 26.4 Å². The second-order valence-corrected chi connectivity index (χ2v) is 25.9. The van der Waals surface area contributed by atoms with Crippen LogP contribution in [-0.2, 0) is 47.4 Å². The molecule has 0 amide bonds. The Kier molecular flexibility index (Phi) is 19.0. The Morgan fingerprint density at radius 2 is 1.21 bits per heavy atom. The maximum Gasteiger partial charge on any atom is 0.302 e. The number of esters is 1. The number of carbonyl (C=O) groups excluding carboxylic acids is 1. The Hall–Kier alpha value is -1.63. The van der Waals surface area contributed by atoms with E-state index >= 15 is 0 Å². The summed E-state index contributed by atoms with van der Waals surface area (Å²) in [6, 6.07) is 0. The van der Waals surface area contributed by atoms with Crippen LogP contribution in [0.5, 0.6) is 0 Å². The van der Waals surface area contributed by atoms with Crippen molar-refractivity contribution in [2.45, 2.75) is 255 Å². The zero-order valence-corrected chi connectivity index (χ0v) is 46.6. The van der Waals surface area contributed by atoms with Crippen molar-refractivity contribution in [2.24, 2.45) is 45.3 Å². The van der Waals surface area contributed by atoms with Gasteiger partial charge in [-0.2, -0.15) is 0 Å². The minimum atomic E-state index is -1.85. The second kappa shape index (κ2) is 23.8. The molecule has 23 nitrogen and oxygen atoms in total. The zero-order valence-electron chi connectivity index (χ0n) is 46.6. The van der Waals surface area contributed by atoms with Gasteiger partial charge in [-0.1, -0.05) is 46.3 Å². The standard InChI is InChI=1S/C55H92O23/c1-24(2)11-10-15-55(9,78-49-45(69)41(65)39(63)31(75-49)23-72-47-43(67)36(60)28(59)21-71-47)26-12-17-54(8)35(26)27(58)19-33-52(6)16-14-34(51(4,5)32(52)13-18-53(33,54)7)76-50-46(42(66)37(61)29(20-56)73-50)77-48-44(68)40(64)38(62)30(74-48)22-70-25(3)57/h11,26-50,56,58-69H,10,12-23H2,1-9H3/t26-,27+,28-,29+,30+,31+,32-,33+,34-,35-,36-,37+,38+,39+,40-,41-,42-,43+,44+,45+,46+,47-,48-,49?,50-,52-,53+,54+,55-/m0/s1. The molecule has 0 bridgehead atoms. The zero-order chi connectivity index (χ0) is 57.4. The molecule has 8 fully saturated rings. The highest BCUT2D eigenvalue weighted by molar-refractivity contribution is 5.65. The fourth-order valence-electron chi connectivity index (χ4n) is 16.2. The highest BCUT2D eigenvalue weighted by atomic mass is 16.8.